The van der Waals surface area contributed by atoms with E-state index in [0.29, 0.717) is 36.8 Å². The molecule has 2 aromatic heterocycles. The highest BCUT2D eigenvalue weighted by molar-refractivity contribution is 5.93. The van der Waals surface area contributed by atoms with Gasteiger partial charge in [0.25, 0.3) is 5.91 Å². The number of H-pyrrole nitrogens is 1. The number of rotatable bonds is 4. The predicted molar refractivity (Wildman–Crippen MR) is 104 cm³/mol. The molecular weight excluding hydrogens is 356 g/mol. The van der Waals surface area contributed by atoms with E-state index in [0.717, 1.165) is 24.0 Å². The number of carbonyl (C=O) groups is 1. The number of hydrogen-bond donors (Lipinski definition) is 1. The Hall–Kier alpha value is -3.22. The third-order valence-electron chi connectivity index (χ3n) is 5.15. The van der Waals surface area contributed by atoms with Crippen molar-refractivity contribution in [2.75, 3.05) is 13.1 Å². The van der Waals surface area contributed by atoms with Crippen LogP contribution in [0.5, 0.6) is 0 Å². The molecule has 3 aromatic rings. The quantitative estimate of drug-likeness (QED) is 0.754. The summed E-state index contributed by atoms with van der Waals surface area (Å²) in [6, 6.07) is 10.9. The Morgan fingerprint density at radius 3 is 2.93 bits per heavy atom. The average Bonchev–Trinajstić information content (AvgIpc) is 3.17. The summed E-state index contributed by atoms with van der Waals surface area (Å²) >= 11 is 0. The largest absolute Gasteiger partial charge is 0.339 e. The van der Waals surface area contributed by atoms with Crippen LogP contribution in [0.25, 0.3) is 11.4 Å². The van der Waals surface area contributed by atoms with E-state index in [-0.39, 0.29) is 17.4 Å². The molecule has 1 fully saturated rings. The summed E-state index contributed by atoms with van der Waals surface area (Å²) in [6.07, 6.45) is 4.06. The van der Waals surface area contributed by atoms with Crippen molar-refractivity contribution in [3.05, 3.63) is 70.0 Å². The Labute approximate surface area is 162 Å². The van der Waals surface area contributed by atoms with Crippen molar-refractivity contribution in [1.82, 2.24) is 20.0 Å². The van der Waals surface area contributed by atoms with E-state index in [4.69, 9.17) is 4.52 Å². The molecule has 1 saturated heterocycles. The van der Waals surface area contributed by atoms with E-state index in [1.165, 1.54) is 12.3 Å². The van der Waals surface area contributed by atoms with Crippen molar-refractivity contribution >= 4 is 5.91 Å². The van der Waals surface area contributed by atoms with Gasteiger partial charge in [0.2, 0.25) is 17.3 Å². The van der Waals surface area contributed by atoms with Crippen molar-refractivity contribution in [1.29, 1.82) is 0 Å². The number of benzene rings is 1. The van der Waals surface area contributed by atoms with Crippen LogP contribution in [-0.4, -0.2) is 39.0 Å². The Balaban J connectivity index is 1.43. The number of nitrogens with zero attached hydrogens (tertiary/aromatic N) is 3. The number of amides is 1. The molecule has 1 atom stereocenters. The molecule has 28 heavy (non-hydrogen) atoms. The minimum Gasteiger partial charge on any atom is -0.339 e. The van der Waals surface area contributed by atoms with Gasteiger partial charge >= 0.3 is 0 Å². The number of hydrogen-bond acceptors (Lipinski definition) is 5. The lowest BCUT2D eigenvalue weighted by Gasteiger charge is -2.32. The fourth-order valence-electron chi connectivity index (χ4n) is 3.66. The molecule has 4 rings (SSSR count). The highest BCUT2D eigenvalue weighted by Crippen LogP contribution is 2.24. The molecule has 1 N–H and O–H groups in total. The van der Waals surface area contributed by atoms with Crippen molar-refractivity contribution in [2.24, 2.45) is 5.92 Å². The first kappa shape index (κ1) is 18.2. The smallest absolute Gasteiger partial charge is 0.255 e. The van der Waals surface area contributed by atoms with E-state index in [2.05, 4.69) is 15.1 Å². The zero-order chi connectivity index (χ0) is 19.5. The second-order valence-electron chi connectivity index (χ2n) is 7.23. The lowest BCUT2D eigenvalue weighted by Crippen LogP contribution is -2.40. The van der Waals surface area contributed by atoms with Crippen LogP contribution in [0, 0.1) is 12.8 Å². The van der Waals surface area contributed by atoms with Gasteiger partial charge in [-0.3, -0.25) is 9.59 Å². The molecule has 3 heterocycles. The lowest BCUT2D eigenvalue weighted by atomic mass is 9.94. The van der Waals surface area contributed by atoms with Crippen LogP contribution in [0.1, 0.15) is 34.7 Å². The molecule has 1 amide bonds. The zero-order valence-electron chi connectivity index (χ0n) is 15.7. The van der Waals surface area contributed by atoms with Crippen LogP contribution in [0.3, 0.4) is 0 Å². The number of aryl methyl sites for hydroxylation is 1. The molecule has 0 bridgehead atoms. The molecule has 1 aromatic carbocycles. The molecule has 7 nitrogen and oxygen atoms in total. The third kappa shape index (κ3) is 3.88. The minimum atomic E-state index is -0.214. The van der Waals surface area contributed by atoms with E-state index >= 15 is 0 Å². The Morgan fingerprint density at radius 1 is 1.29 bits per heavy atom. The topological polar surface area (TPSA) is 92.1 Å². The van der Waals surface area contributed by atoms with Gasteiger partial charge in [0, 0.05) is 37.3 Å². The third-order valence-corrected chi connectivity index (χ3v) is 5.15. The summed E-state index contributed by atoms with van der Waals surface area (Å²) in [5.74, 6) is 1.41. The van der Waals surface area contributed by atoms with Crippen LogP contribution in [0.4, 0.5) is 0 Å². The number of carbonyl (C=O) groups excluding carboxylic acids is 1. The minimum absolute atomic E-state index is 0.0629. The number of piperidine rings is 1. The first-order chi connectivity index (χ1) is 13.6. The first-order valence-electron chi connectivity index (χ1n) is 9.47. The molecule has 0 aliphatic carbocycles. The van der Waals surface area contributed by atoms with Gasteiger partial charge in [0.05, 0.1) is 5.56 Å². The van der Waals surface area contributed by atoms with Crippen LogP contribution in [-0.2, 0) is 6.42 Å². The number of pyridine rings is 1. The van der Waals surface area contributed by atoms with Gasteiger partial charge < -0.3 is 14.4 Å². The highest BCUT2D eigenvalue weighted by Gasteiger charge is 2.26. The zero-order valence-corrected chi connectivity index (χ0v) is 15.7. The maximum absolute atomic E-state index is 12.7. The summed E-state index contributed by atoms with van der Waals surface area (Å²) in [5.41, 5.74) is 2.36. The maximum Gasteiger partial charge on any atom is 0.255 e. The van der Waals surface area contributed by atoms with Gasteiger partial charge in [-0.2, -0.15) is 4.98 Å². The molecule has 1 aliphatic rings. The predicted octanol–water partition coefficient (Wildman–Crippen LogP) is 2.83. The number of aromatic nitrogens is 3. The second kappa shape index (κ2) is 7.80. The van der Waals surface area contributed by atoms with Gasteiger partial charge in [-0.15, -0.1) is 0 Å². The summed E-state index contributed by atoms with van der Waals surface area (Å²) in [5, 5.41) is 4.12. The number of aromatic amines is 1. The van der Waals surface area contributed by atoms with Crippen LogP contribution in [0.2, 0.25) is 0 Å². The summed E-state index contributed by atoms with van der Waals surface area (Å²) < 4.78 is 5.47. The maximum atomic E-state index is 12.7. The van der Waals surface area contributed by atoms with Crippen molar-refractivity contribution in [3.8, 4) is 11.4 Å². The van der Waals surface area contributed by atoms with Crippen LogP contribution < -0.4 is 5.56 Å². The van der Waals surface area contributed by atoms with E-state index in [9.17, 15) is 9.59 Å². The van der Waals surface area contributed by atoms with Crippen LogP contribution in [0.15, 0.2) is 51.9 Å². The first-order valence-corrected chi connectivity index (χ1v) is 9.47. The van der Waals surface area contributed by atoms with Gasteiger partial charge in [-0.05, 0) is 37.3 Å². The summed E-state index contributed by atoms with van der Waals surface area (Å²) in [4.78, 5) is 32.8. The van der Waals surface area contributed by atoms with Crippen LogP contribution >= 0.6 is 0 Å². The van der Waals surface area contributed by atoms with E-state index in [1.54, 1.807) is 6.07 Å². The summed E-state index contributed by atoms with van der Waals surface area (Å²) in [6.45, 7) is 3.37. The van der Waals surface area contributed by atoms with Gasteiger partial charge in [0.15, 0.2) is 0 Å². The molecular formula is C21H22N4O3. The fraction of sp³-hybridized carbons (Fsp3) is 0.333. The molecule has 0 radical (unpaired) electrons. The SMILES string of the molecule is Cc1ccccc1-c1noc(CC2CCCN(C(=O)c3ccc(=O)[nH]c3)C2)n1. The Bertz CT molecular complexity index is 1020. The highest BCUT2D eigenvalue weighted by atomic mass is 16.5. The van der Waals surface area contributed by atoms with E-state index < -0.39 is 0 Å². The Morgan fingerprint density at radius 2 is 2.14 bits per heavy atom. The van der Waals surface area contributed by atoms with E-state index in [1.807, 2.05) is 36.1 Å². The standard InChI is InChI=1S/C21H22N4O3/c1-14-5-2-3-7-17(14)20-23-19(28-24-20)11-15-6-4-10-25(13-15)21(27)16-8-9-18(26)22-12-16/h2-3,5,7-9,12,15H,4,6,10-11,13H2,1H3,(H,22,26). The normalized spacial score (nSPS) is 16.9. The van der Waals surface area contributed by atoms with Gasteiger partial charge in [-0.25, -0.2) is 0 Å². The molecule has 144 valence electrons. The number of likely N-dealkylation sites (tertiary alicyclic amines) is 1. The monoisotopic (exact) mass is 378 g/mol. The molecule has 7 heteroatoms. The van der Waals surface area contributed by atoms with Crippen molar-refractivity contribution in [2.45, 2.75) is 26.2 Å². The molecule has 0 saturated carbocycles. The molecule has 0 spiro atoms. The van der Waals surface area contributed by atoms with Gasteiger partial charge in [0.1, 0.15) is 0 Å². The fourth-order valence-corrected chi connectivity index (χ4v) is 3.66. The summed E-state index contributed by atoms with van der Waals surface area (Å²) in [7, 11) is 0. The lowest BCUT2D eigenvalue weighted by molar-refractivity contribution is 0.0667. The van der Waals surface area contributed by atoms with Crippen molar-refractivity contribution in [3.63, 3.8) is 0 Å². The van der Waals surface area contributed by atoms with Crippen molar-refractivity contribution < 1.29 is 9.32 Å². The number of nitrogens with one attached hydrogen (secondary N) is 1. The van der Waals surface area contributed by atoms with Gasteiger partial charge in [-0.1, -0.05) is 29.4 Å². The molecule has 1 unspecified atom stereocenters. The second-order valence-corrected chi connectivity index (χ2v) is 7.23. The molecule has 1 aliphatic heterocycles. The Kier molecular flexibility index (Phi) is 5.06. The average molecular weight is 378 g/mol.